The van der Waals surface area contributed by atoms with Gasteiger partial charge in [0.2, 0.25) is 5.69 Å². The highest BCUT2D eigenvalue weighted by Crippen LogP contribution is 2.54. The van der Waals surface area contributed by atoms with E-state index in [0.29, 0.717) is 0 Å². The van der Waals surface area contributed by atoms with Gasteiger partial charge in [0, 0.05) is 28.5 Å². The van der Waals surface area contributed by atoms with Crippen LogP contribution in [-0.4, -0.2) is 0 Å². The SMILES string of the molecule is Cc1cc[n+](C)c(-c2c(C)cc(C)c3c2oc2c4c(c5ccccc5c23)C(C)(C)CCC4(C)C)c1. The molecule has 0 unspecified atom stereocenters. The highest BCUT2D eigenvalue weighted by atomic mass is 16.3. The molecule has 178 valence electrons. The van der Waals surface area contributed by atoms with E-state index in [1.807, 2.05) is 0 Å². The van der Waals surface area contributed by atoms with Crippen molar-refractivity contribution in [3.63, 3.8) is 0 Å². The third kappa shape index (κ3) is 3.05. The number of hydrogen-bond donors (Lipinski definition) is 0. The van der Waals surface area contributed by atoms with E-state index in [1.54, 1.807) is 0 Å². The maximum Gasteiger partial charge on any atom is 0.216 e. The molecule has 5 aromatic rings. The summed E-state index contributed by atoms with van der Waals surface area (Å²) < 4.78 is 9.34. The fourth-order valence-corrected chi connectivity index (χ4v) is 6.70. The Labute approximate surface area is 208 Å². The van der Waals surface area contributed by atoms with E-state index < -0.39 is 0 Å². The molecule has 3 aromatic carbocycles. The van der Waals surface area contributed by atoms with Crippen LogP contribution in [0.15, 0.2) is 53.1 Å². The van der Waals surface area contributed by atoms with Crippen molar-refractivity contribution in [2.45, 2.75) is 72.1 Å². The molecule has 2 heterocycles. The molecule has 0 atom stereocenters. The lowest BCUT2D eigenvalue weighted by atomic mass is 9.61. The summed E-state index contributed by atoms with van der Waals surface area (Å²) >= 11 is 0. The summed E-state index contributed by atoms with van der Waals surface area (Å²) in [5.41, 5.74) is 11.4. The van der Waals surface area contributed by atoms with Crippen molar-refractivity contribution in [1.82, 2.24) is 0 Å². The maximum absolute atomic E-state index is 7.12. The molecule has 0 bridgehead atoms. The average Bonchev–Trinajstić information content (AvgIpc) is 3.19. The predicted molar refractivity (Wildman–Crippen MR) is 147 cm³/mol. The van der Waals surface area contributed by atoms with Gasteiger partial charge in [0.05, 0.1) is 5.56 Å². The first-order valence-corrected chi connectivity index (χ1v) is 12.9. The summed E-state index contributed by atoms with van der Waals surface area (Å²) in [6.07, 6.45) is 4.50. The van der Waals surface area contributed by atoms with Crippen molar-refractivity contribution in [2.75, 3.05) is 0 Å². The molecular formula is C33H36NO+. The Balaban J connectivity index is 1.91. The van der Waals surface area contributed by atoms with Crippen molar-refractivity contribution in [1.29, 1.82) is 0 Å². The fraction of sp³-hybridized carbons (Fsp3) is 0.364. The third-order valence-electron chi connectivity index (χ3n) is 8.59. The summed E-state index contributed by atoms with van der Waals surface area (Å²) in [5, 5.41) is 5.25. The number of rotatable bonds is 1. The molecule has 2 aromatic heterocycles. The van der Waals surface area contributed by atoms with Gasteiger partial charge in [-0.05, 0) is 77.5 Å². The van der Waals surface area contributed by atoms with Gasteiger partial charge in [-0.15, -0.1) is 0 Å². The van der Waals surface area contributed by atoms with Crippen LogP contribution in [0.2, 0.25) is 0 Å². The first kappa shape index (κ1) is 22.3. The molecule has 0 aliphatic heterocycles. The Kier molecular flexibility index (Phi) is 4.59. The van der Waals surface area contributed by atoms with Crippen LogP contribution in [0, 0.1) is 20.8 Å². The maximum atomic E-state index is 7.12. The van der Waals surface area contributed by atoms with Gasteiger partial charge in [0.25, 0.3) is 0 Å². The van der Waals surface area contributed by atoms with E-state index in [4.69, 9.17) is 4.42 Å². The molecule has 0 radical (unpaired) electrons. The van der Waals surface area contributed by atoms with Crippen molar-refractivity contribution < 1.29 is 8.98 Å². The van der Waals surface area contributed by atoms with Crippen LogP contribution in [0.25, 0.3) is 44.0 Å². The first-order chi connectivity index (χ1) is 16.5. The molecule has 0 N–H and O–H groups in total. The Morgan fingerprint density at radius 1 is 0.743 bits per heavy atom. The molecule has 2 nitrogen and oxygen atoms in total. The molecule has 0 amide bonds. The highest BCUT2D eigenvalue weighted by Gasteiger charge is 2.41. The molecular weight excluding hydrogens is 426 g/mol. The minimum Gasteiger partial charge on any atom is -0.455 e. The minimum absolute atomic E-state index is 0.0537. The molecule has 0 fully saturated rings. The van der Waals surface area contributed by atoms with E-state index in [0.717, 1.165) is 17.6 Å². The number of fused-ring (bicyclic) bond motifs is 8. The molecule has 35 heavy (non-hydrogen) atoms. The van der Waals surface area contributed by atoms with Gasteiger partial charge in [-0.25, -0.2) is 4.57 Å². The van der Waals surface area contributed by atoms with Gasteiger partial charge in [0.1, 0.15) is 18.2 Å². The Morgan fingerprint density at radius 3 is 2.11 bits per heavy atom. The first-order valence-electron chi connectivity index (χ1n) is 12.9. The molecule has 1 aliphatic rings. The zero-order valence-electron chi connectivity index (χ0n) is 22.4. The van der Waals surface area contributed by atoms with Gasteiger partial charge in [0.15, 0.2) is 6.20 Å². The van der Waals surface area contributed by atoms with Crippen molar-refractivity contribution in [3.05, 3.63) is 76.5 Å². The molecule has 0 saturated heterocycles. The lowest BCUT2D eigenvalue weighted by molar-refractivity contribution is -0.660. The normalized spacial score (nSPS) is 16.8. The number of pyridine rings is 1. The van der Waals surface area contributed by atoms with Gasteiger partial charge in [-0.1, -0.05) is 58.0 Å². The number of nitrogens with zero attached hydrogens (tertiary/aromatic N) is 1. The van der Waals surface area contributed by atoms with Crippen molar-refractivity contribution in [2.24, 2.45) is 7.05 Å². The van der Waals surface area contributed by atoms with Gasteiger partial charge >= 0.3 is 0 Å². The van der Waals surface area contributed by atoms with Gasteiger partial charge in [-0.2, -0.15) is 0 Å². The van der Waals surface area contributed by atoms with Crippen LogP contribution in [-0.2, 0) is 17.9 Å². The van der Waals surface area contributed by atoms with Crippen LogP contribution >= 0.6 is 0 Å². The smallest absolute Gasteiger partial charge is 0.216 e. The van der Waals surface area contributed by atoms with E-state index in [2.05, 4.69) is 109 Å². The number of benzene rings is 3. The zero-order chi connectivity index (χ0) is 24.9. The van der Waals surface area contributed by atoms with Gasteiger partial charge < -0.3 is 4.42 Å². The highest BCUT2D eigenvalue weighted by molar-refractivity contribution is 6.23. The number of hydrogen-bond acceptors (Lipinski definition) is 1. The topological polar surface area (TPSA) is 17.0 Å². The molecule has 2 heteroatoms. The molecule has 0 saturated carbocycles. The van der Waals surface area contributed by atoms with Crippen molar-refractivity contribution >= 4 is 32.7 Å². The fourth-order valence-electron chi connectivity index (χ4n) is 6.70. The number of furan rings is 1. The van der Waals surface area contributed by atoms with E-state index in [-0.39, 0.29) is 10.8 Å². The van der Waals surface area contributed by atoms with E-state index in [9.17, 15) is 0 Å². The van der Waals surface area contributed by atoms with E-state index in [1.165, 1.54) is 67.0 Å². The summed E-state index contributed by atoms with van der Waals surface area (Å²) in [5.74, 6) is 0. The second-order valence-corrected chi connectivity index (χ2v) is 12.2. The standard InChI is InChI=1S/C33H36NO/c1-19-13-16-34(8)24(17-19)25-20(2)18-21(3)26-27-22-11-9-10-12-23(22)28-29(31(27)35-30(25)26)33(6,7)15-14-32(28,4)5/h9-13,16-18H,14-15H2,1-8H3/q+1. The summed E-state index contributed by atoms with van der Waals surface area (Å²) in [6, 6.07) is 15.8. The molecule has 1 aliphatic carbocycles. The van der Waals surface area contributed by atoms with Crippen molar-refractivity contribution in [3.8, 4) is 11.3 Å². The second-order valence-electron chi connectivity index (χ2n) is 12.2. The Hall–Kier alpha value is -3.13. The zero-order valence-corrected chi connectivity index (χ0v) is 22.4. The Bertz CT molecular complexity index is 1680. The van der Waals surface area contributed by atoms with E-state index >= 15 is 0 Å². The monoisotopic (exact) mass is 462 g/mol. The summed E-state index contributed by atoms with van der Waals surface area (Å²) in [4.78, 5) is 0. The molecule has 6 rings (SSSR count). The summed E-state index contributed by atoms with van der Waals surface area (Å²) in [6.45, 7) is 16.3. The quantitative estimate of drug-likeness (QED) is 0.228. The largest absolute Gasteiger partial charge is 0.455 e. The van der Waals surface area contributed by atoms with Crippen LogP contribution in [0.4, 0.5) is 0 Å². The number of aryl methyl sites for hydroxylation is 4. The third-order valence-corrected chi connectivity index (χ3v) is 8.59. The lowest BCUT2D eigenvalue weighted by Crippen LogP contribution is -2.34. The lowest BCUT2D eigenvalue weighted by Gasteiger charge is -2.42. The average molecular weight is 463 g/mol. The van der Waals surface area contributed by atoms with Crippen LogP contribution in [0.5, 0.6) is 0 Å². The molecule has 0 spiro atoms. The van der Waals surface area contributed by atoms with Crippen LogP contribution < -0.4 is 4.57 Å². The predicted octanol–water partition coefficient (Wildman–Crippen LogP) is 8.50. The second kappa shape index (κ2) is 7.20. The van der Waals surface area contributed by atoms with Gasteiger partial charge in [-0.3, -0.25) is 0 Å². The Morgan fingerprint density at radius 2 is 1.40 bits per heavy atom. The number of aromatic nitrogens is 1. The van der Waals surface area contributed by atoms with Crippen LogP contribution in [0.3, 0.4) is 0 Å². The minimum atomic E-state index is 0.0537. The van der Waals surface area contributed by atoms with Crippen LogP contribution in [0.1, 0.15) is 68.4 Å². The summed E-state index contributed by atoms with van der Waals surface area (Å²) in [7, 11) is 2.13.